The number of rotatable bonds is 4. The molecule has 0 aromatic heterocycles. The number of benzene rings is 2. The zero-order valence-electron chi connectivity index (χ0n) is 11.4. The van der Waals surface area contributed by atoms with Gasteiger partial charge in [0, 0.05) is 30.9 Å². The zero-order chi connectivity index (χ0) is 14.7. The van der Waals surface area contributed by atoms with Crippen LogP contribution in [-0.4, -0.2) is 17.9 Å². The second-order valence-corrected chi connectivity index (χ2v) is 4.71. The first kappa shape index (κ1) is 14.1. The van der Waals surface area contributed by atoms with E-state index < -0.39 is 0 Å². The highest BCUT2D eigenvalue weighted by Crippen LogP contribution is 2.25. The average molecular weight is 273 g/mol. The predicted octanol–water partition coefficient (Wildman–Crippen LogP) is 3.37. The number of Topliss-reactive ketones (excluding diaryl/α,β-unsaturated/α-hetero) is 1. The molecule has 1 N–H and O–H groups in total. The van der Waals surface area contributed by atoms with Crippen LogP contribution in [0.1, 0.15) is 22.8 Å². The van der Waals surface area contributed by atoms with Gasteiger partial charge in [-0.3, -0.25) is 4.79 Å². The van der Waals surface area contributed by atoms with Crippen molar-refractivity contribution in [2.24, 2.45) is 0 Å². The fraction of sp³-hybridized carbons (Fsp3) is 0.188. The molecule has 0 atom stereocenters. The molecule has 4 heteroatoms. The van der Waals surface area contributed by atoms with Crippen molar-refractivity contribution in [3.8, 4) is 5.75 Å². The maximum Gasteiger partial charge on any atom is 0.163 e. The molecule has 2 aromatic carbocycles. The van der Waals surface area contributed by atoms with E-state index in [9.17, 15) is 14.3 Å². The Morgan fingerprint density at radius 3 is 2.55 bits per heavy atom. The summed E-state index contributed by atoms with van der Waals surface area (Å²) >= 11 is 0. The first-order chi connectivity index (χ1) is 9.49. The number of hydrogen-bond acceptors (Lipinski definition) is 3. The Balaban J connectivity index is 2.22. The molecule has 0 saturated heterocycles. The Morgan fingerprint density at radius 1 is 1.25 bits per heavy atom. The van der Waals surface area contributed by atoms with Gasteiger partial charge in [0.25, 0.3) is 0 Å². The van der Waals surface area contributed by atoms with E-state index in [1.54, 1.807) is 37.4 Å². The third kappa shape index (κ3) is 2.96. The summed E-state index contributed by atoms with van der Waals surface area (Å²) in [5, 5.41) is 9.81. The first-order valence-electron chi connectivity index (χ1n) is 6.27. The SMILES string of the molecule is CC(=O)c1ccc(N(C)Cc2ccccc2F)cc1O. The number of aromatic hydroxyl groups is 1. The molecule has 0 spiro atoms. The lowest BCUT2D eigenvalue weighted by atomic mass is 10.1. The fourth-order valence-electron chi connectivity index (χ4n) is 2.03. The van der Waals surface area contributed by atoms with Gasteiger partial charge in [0.2, 0.25) is 0 Å². The van der Waals surface area contributed by atoms with E-state index >= 15 is 0 Å². The number of hydrogen-bond donors (Lipinski definition) is 1. The van der Waals surface area contributed by atoms with Crippen molar-refractivity contribution in [3.05, 3.63) is 59.4 Å². The number of carbonyl (C=O) groups is 1. The summed E-state index contributed by atoms with van der Waals surface area (Å²) < 4.78 is 13.6. The third-order valence-electron chi connectivity index (χ3n) is 3.17. The molecule has 0 amide bonds. The highest BCUT2D eigenvalue weighted by atomic mass is 19.1. The van der Waals surface area contributed by atoms with Crippen LogP contribution >= 0.6 is 0 Å². The van der Waals surface area contributed by atoms with Gasteiger partial charge < -0.3 is 10.0 Å². The summed E-state index contributed by atoms with van der Waals surface area (Å²) in [6.07, 6.45) is 0. The highest BCUT2D eigenvalue weighted by molar-refractivity contribution is 5.97. The quantitative estimate of drug-likeness (QED) is 0.868. The molecular weight excluding hydrogens is 257 g/mol. The second-order valence-electron chi connectivity index (χ2n) is 4.71. The highest BCUT2D eigenvalue weighted by Gasteiger charge is 2.10. The molecule has 2 rings (SSSR count). The molecule has 0 fully saturated rings. The van der Waals surface area contributed by atoms with Gasteiger partial charge in [0.05, 0.1) is 5.56 Å². The molecule has 0 aliphatic rings. The third-order valence-corrected chi connectivity index (χ3v) is 3.17. The number of carbonyl (C=O) groups excluding carboxylic acids is 1. The number of anilines is 1. The van der Waals surface area contributed by atoms with Crippen LogP contribution in [0, 0.1) is 5.82 Å². The summed E-state index contributed by atoms with van der Waals surface area (Å²) in [5.74, 6) is -0.509. The molecule has 0 bridgehead atoms. The van der Waals surface area contributed by atoms with Crippen LogP contribution in [0.25, 0.3) is 0 Å². The van der Waals surface area contributed by atoms with Gasteiger partial charge in [-0.2, -0.15) is 0 Å². The Morgan fingerprint density at radius 2 is 1.95 bits per heavy atom. The minimum absolute atomic E-state index is 0.0598. The average Bonchev–Trinajstić information content (AvgIpc) is 2.40. The van der Waals surface area contributed by atoms with Gasteiger partial charge in [-0.1, -0.05) is 18.2 Å². The van der Waals surface area contributed by atoms with Crippen LogP contribution in [0.15, 0.2) is 42.5 Å². The zero-order valence-corrected chi connectivity index (χ0v) is 11.4. The van der Waals surface area contributed by atoms with Crippen LogP contribution in [0.3, 0.4) is 0 Å². The molecule has 104 valence electrons. The van der Waals surface area contributed by atoms with Crippen molar-refractivity contribution >= 4 is 11.5 Å². The summed E-state index contributed by atoms with van der Waals surface area (Å²) in [5.41, 5.74) is 1.58. The van der Waals surface area contributed by atoms with Gasteiger partial charge in [-0.05, 0) is 25.1 Å². The Kier molecular flexibility index (Phi) is 4.03. The lowest BCUT2D eigenvalue weighted by molar-refractivity contribution is 0.101. The smallest absolute Gasteiger partial charge is 0.163 e. The van der Waals surface area contributed by atoms with Crippen molar-refractivity contribution in [2.75, 3.05) is 11.9 Å². The van der Waals surface area contributed by atoms with Crippen LogP contribution < -0.4 is 4.90 Å². The lowest BCUT2D eigenvalue weighted by Gasteiger charge is -2.20. The van der Waals surface area contributed by atoms with Gasteiger partial charge >= 0.3 is 0 Å². The normalized spacial score (nSPS) is 10.3. The van der Waals surface area contributed by atoms with Crippen LogP contribution in [0.5, 0.6) is 5.75 Å². The van der Waals surface area contributed by atoms with Crippen molar-refractivity contribution < 1.29 is 14.3 Å². The molecule has 3 nitrogen and oxygen atoms in total. The number of halogens is 1. The van der Waals surface area contributed by atoms with Gasteiger partial charge in [0.1, 0.15) is 11.6 Å². The number of ketones is 1. The molecule has 0 aliphatic heterocycles. The Labute approximate surface area is 117 Å². The van der Waals surface area contributed by atoms with Gasteiger partial charge in [0.15, 0.2) is 5.78 Å². The summed E-state index contributed by atoms with van der Waals surface area (Å²) in [6, 6.07) is 11.4. The van der Waals surface area contributed by atoms with E-state index in [4.69, 9.17) is 0 Å². The van der Waals surface area contributed by atoms with E-state index in [-0.39, 0.29) is 22.9 Å². The minimum atomic E-state index is -0.260. The van der Waals surface area contributed by atoms with Crippen LogP contribution in [-0.2, 0) is 6.54 Å². The molecule has 0 radical (unpaired) electrons. The molecule has 20 heavy (non-hydrogen) atoms. The summed E-state index contributed by atoms with van der Waals surface area (Å²) in [4.78, 5) is 13.1. The van der Waals surface area contributed by atoms with Crippen molar-refractivity contribution in [1.29, 1.82) is 0 Å². The van der Waals surface area contributed by atoms with Crippen molar-refractivity contribution in [1.82, 2.24) is 0 Å². The molecule has 0 aliphatic carbocycles. The molecule has 0 heterocycles. The van der Waals surface area contributed by atoms with E-state index in [0.29, 0.717) is 12.1 Å². The molecule has 0 saturated carbocycles. The van der Waals surface area contributed by atoms with Crippen molar-refractivity contribution in [3.63, 3.8) is 0 Å². The number of phenolic OH excluding ortho intramolecular Hbond substituents is 1. The fourth-order valence-corrected chi connectivity index (χ4v) is 2.03. The van der Waals surface area contributed by atoms with Crippen molar-refractivity contribution in [2.45, 2.75) is 13.5 Å². The summed E-state index contributed by atoms with van der Waals surface area (Å²) in [7, 11) is 1.80. The van der Waals surface area contributed by atoms with E-state index in [2.05, 4.69) is 0 Å². The number of nitrogens with zero attached hydrogens (tertiary/aromatic N) is 1. The first-order valence-corrected chi connectivity index (χ1v) is 6.27. The lowest BCUT2D eigenvalue weighted by Crippen LogP contribution is -2.17. The standard InChI is InChI=1S/C16H16FNO2/c1-11(19)14-8-7-13(9-16(14)20)18(2)10-12-5-3-4-6-15(12)17/h3-9,20H,10H2,1-2H3. The monoisotopic (exact) mass is 273 g/mol. The largest absolute Gasteiger partial charge is 0.507 e. The number of phenols is 1. The minimum Gasteiger partial charge on any atom is -0.507 e. The molecule has 0 unspecified atom stereocenters. The Hall–Kier alpha value is -2.36. The predicted molar refractivity (Wildman–Crippen MR) is 76.6 cm³/mol. The van der Waals surface area contributed by atoms with Crippen LogP contribution in [0.2, 0.25) is 0 Å². The Bertz CT molecular complexity index is 640. The van der Waals surface area contributed by atoms with Gasteiger partial charge in [-0.25, -0.2) is 4.39 Å². The van der Waals surface area contributed by atoms with Crippen LogP contribution in [0.4, 0.5) is 10.1 Å². The summed E-state index contributed by atoms with van der Waals surface area (Å²) in [6.45, 7) is 1.78. The topological polar surface area (TPSA) is 40.5 Å². The second kappa shape index (κ2) is 5.74. The van der Waals surface area contributed by atoms with E-state index in [1.165, 1.54) is 19.1 Å². The maximum absolute atomic E-state index is 13.6. The maximum atomic E-state index is 13.6. The molecular formula is C16H16FNO2. The van der Waals surface area contributed by atoms with Gasteiger partial charge in [-0.15, -0.1) is 0 Å². The molecule has 2 aromatic rings. The van der Waals surface area contributed by atoms with E-state index in [0.717, 1.165) is 5.69 Å². The van der Waals surface area contributed by atoms with E-state index in [1.807, 2.05) is 4.90 Å².